The zero-order chi connectivity index (χ0) is 13.7. The maximum absolute atomic E-state index is 5.82. The van der Waals surface area contributed by atoms with Gasteiger partial charge in [0.25, 0.3) is 0 Å². The monoisotopic (exact) mass is 272 g/mol. The number of nitrogens with two attached hydrogens (primary N) is 1. The predicted octanol–water partition coefficient (Wildman–Crippen LogP) is 3.40. The van der Waals surface area contributed by atoms with Crippen LogP contribution in [0.25, 0.3) is 0 Å². The first-order valence-corrected chi connectivity index (χ1v) is 7.21. The second-order valence-electron chi connectivity index (χ2n) is 4.70. The fourth-order valence-electron chi connectivity index (χ4n) is 2.03. The quantitative estimate of drug-likeness (QED) is 0.904. The molecule has 0 aromatic heterocycles. The van der Waals surface area contributed by atoms with E-state index in [-0.39, 0.29) is 6.04 Å². The van der Waals surface area contributed by atoms with Crippen molar-refractivity contribution in [1.82, 2.24) is 4.90 Å². The fourth-order valence-corrected chi connectivity index (χ4v) is 2.87. The molecule has 1 unspecified atom stereocenters. The largest absolute Gasteiger partial charge is 0.329 e. The Kier molecular flexibility index (Phi) is 5.02. The average Bonchev–Trinajstić information content (AvgIpc) is 2.42. The van der Waals surface area contributed by atoms with Gasteiger partial charge < -0.3 is 10.6 Å². The standard InChI is InChI=1S/C16H20N2S/c1-18(2)16(12-17)13-8-10-15(11-9-13)19-14-6-4-3-5-7-14/h3-11,16H,12,17H2,1-2H3. The number of likely N-dealkylation sites (N-methyl/N-ethyl adjacent to an activating group) is 1. The van der Waals surface area contributed by atoms with Crippen molar-refractivity contribution in [2.75, 3.05) is 20.6 Å². The van der Waals surface area contributed by atoms with E-state index in [1.54, 1.807) is 11.8 Å². The van der Waals surface area contributed by atoms with Gasteiger partial charge in [-0.25, -0.2) is 0 Å². The molecule has 0 saturated carbocycles. The molecular formula is C16H20N2S. The summed E-state index contributed by atoms with van der Waals surface area (Å²) in [5, 5.41) is 0. The van der Waals surface area contributed by atoms with Crippen molar-refractivity contribution in [3.8, 4) is 0 Å². The van der Waals surface area contributed by atoms with Crippen LogP contribution in [0.2, 0.25) is 0 Å². The van der Waals surface area contributed by atoms with E-state index in [1.807, 2.05) is 6.07 Å². The van der Waals surface area contributed by atoms with E-state index in [2.05, 4.69) is 67.5 Å². The second kappa shape index (κ2) is 6.75. The first-order valence-electron chi connectivity index (χ1n) is 6.40. The summed E-state index contributed by atoms with van der Waals surface area (Å²) in [7, 11) is 4.12. The third kappa shape index (κ3) is 3.83. The van der Waals surface area contributed by atoms with Gasteiger partial charge in [0.15, 0.2) is 0 Å². The van der Waals surface area contributed by atoms with Crippen molar-refractivity contribution in [2.24, 2.45) is 5.73 Å². The summed E-state index contributed by atoms with van der Waals surface area (Å²) in [4.78, 5) is 4.67. The van der Waals surface area contributed by atoms with E-state index in [4.69, 9.17) is 5.73 Å². The Morgan fingerprint density at radius 3 is 2.05 bits per heavy atom. The predicted molar refractivity (Wildman–Crippen MR) is 82.5 cm³/mol. The van der Waals surface area contributed by atoms with Crippen molar-refractivity contribution in [3.05, 3.63) is 60.2 Å². The van der Waals surface area contributed by atoms with Gasteiger partial charge in [0.2, 0.25) is 0 Å². The summed E-state index contributed by atoms with van der Waals surface area (Å²) in [6.07, 6.45) is 0. The van der Waals surface area contributed by atoms with E-state index in [0.717, 1.165) is 0 Å². The number of rotatable bonds is 5. The second-order valence-corrected chi connectivity index (χ2v) is 5.85. The molecule has 0 fully saturated rings. The van der Waals surface area contributed by atoms with Crippen LogP contribution in [-0.2, 0) is 0 Å². The van der Waals surface area contributed by atoms with Crippen LogP contribution >= 0.6 is 11.8 Å². The van der Waals surface area contributed by atoms with Crippen LogP contribution in [0.15, 0.2) is 64.4 Å². The molecule has 0 aliphatic heterocycles. The lowest BCUT2D eigenvalue weighted by Gasteiger charge is -2.23. The van der Waals surface area contributed by atoms with Crippen molar-refractivity contribution >= 4 is 11.8 Å². The van der Waals surface area contributed by atoms with Crippen LogP contribution in [0.5, 0.6) is 0 Å². The maximum Gasteiger partial charge on any atom is 0.0464 e. The molecule has 0 radical (unpaired) electrons. The average molecular weight is 272 g/mol. The maximum atomic E-state index is 5.82. The molecule has 0 heterocycles. The molecule has 2 nitrogen and oxygen atoms in total. The Labute approximate surface area is 119 Å². The molecule has 2 rings (SSSR count). The van der Waals surface area contributed by atoms with Crippen molar-refractivity contribution in [3.63, 3.8) is 0 Å². The minimum absolute atomic E-state index is 0.288. The Hall–Kier alpha value is -1.29. The number of hydrogen-bond acceptors (Lipinski definition) is 3. The lowest BCUT2D eigenvalue weighted by Crippen LogP contribution is -2.27. The Balaban J connectivity index is 2.10. The summed E-state index contributed by atoms with van der Waals surface area (Å²) in [5.41, 5.74) is 7.09. The van der Waals surface area contributed by atoms with Crippen LogP contribution in [0.1, 0.15) is 11.6 Å². The molecule has 0 spiro atoms. The minimum atomic E-state index is 0.288. The van der Waals surface area contributed by atoms with Crippen molar-refractivity contribution < 1.29 is 0 Å². The Morgan fingerprint density at radius 2 is 1.53 bits per heavy atom. The van der Waals surface area contributed by atoms with E-state index < -0.39 is 0 Å². The van der Waals surface area contributed by atoms with Crippen LogP contribution in [-0.4, -0.2) is 25.5 Å². The molecule has 0 bridgehead atoms. The van der Waals surface area contributed by atoms with Gasteiger partial charge >= 0.3 is 0 Å². The third-order valence-electron chi connectivity index (χ3n) is 3.09. The molecule has 19 heavy (non-hydrogen) atoms. The van der Waals surface area contributed by atoms with Gasteiger partial charge in [0.1, 0.15) is 0 Å². The molecule has 0 aliphatic rings. The zero-order valence-corrected chi connectivity index (χ0v) is 12.2. The summed E-state index contributed by atoms with van der Waals surface area (Å²) in [6, 6.07) is 19.4. The van der Waals surface area contributed by atoms with E-state index in [0.29, 0.717) is 6.54 Å². The van der Waals surface area contributed by atoms with Crippen LogP contribution in [0, 0.1) is 0 Å². The van der Waals surface area contributed by atoms with E-state index >= 15 is 0 Å². The van der Waals surface area contributed by atoms with E-state index in [9.17, 15) is 0 Å². The van der Waals surface area contributed by atoms with Crippen LogP contribution < -0.4 is 5.73 Å². The Bertz CT molecular complexity index is 494. The van der Waals surface area contributed by atoms with Crippen LogP contribution in [0.3, 0.4) is 0 Å². The highest BCUT2D eigenvalue weighted by Gasteiger charge is 2.11. The van der Waals surface area contributed by atoms with Crippen molar-refractivity contribution in [1.29, 1.82) is 0 Å². The molecule has 100 valence electrons. The minimum Gasteiger partial charge on any atom is -0.329 e. The summed E-state index contributed by atoms with van der Waals surface area (Å²) in [6.45, 7) is 0.637. The highest BCUT2D eigenvalue weighted by molar-refractivity contribution is 7.99. The molecule has 0 aliphatic carbocycles. The van der Waals surface area contributed by atoms with Gasteiger partial charge in [0.05, 0.1) is 0 Å². The Morgan fingerprint density at radius 1 is 0.947 bits per heavy atom. The van der Waals surface area contributed by atoms with Gasteiger partial charge in [-0.3, -0.25) is 0 Å². The van der Waals surface area contributed by atoms with Gasteiger partial charge in [-0.2, -0.15) is 0 Å². The summed E-state index contributed by atoms with van der Waals surface area (Å²) >= 11 is 1.78. The fraction of sp³-hybridized carbons (Fsp3) is 0.250. The topological polar surface area (TPSA) is 29.3 Å². The number of nitrogens with zero attached hydrogens (tertiary/aromatic N) is 1. The molecule has 0 amide bonds. The number of benzene rings is 2. The van der Waals surface area contributed by atoms with Crippen LogP contribution in [0.4, 0.5) is 0 Å². The smallest absolute Gasteiger partial charge is 0.0464 e. The first kappa shape index (κ1) is 14.1. The van der Waals surface area contributed by atoms with Crippen molar-refractivity contribution in [2.45, 2.75) is 15.8 Å². The zero-order valence-electron chi connectivity index (χ0n) is 11.4. The SMILES string of the molecule is CN(C)C(CN)c1ccc(Sc2ccccc2)cc1. The van der Waals surface area contributed by atoms with Gasteiger partial charge in [0, 0.05) is 22.4 Å². The lowest BCUT2D eigenvalue weighted by atomic mass is 10.1. The lowest BCUT2D eigenvalue weighted by molar-refractivity contribution is 0.306. The number of hydrogen-bond donors (Lipinski definition) is 1. The molecule has 3 heteroatoms. The molecule has 2 N–H and O–H groups in total. The van der Waals surface area contributed by atoms with Gasteiger partial charge in [-0.05, 0) is 43.9 Å². The van der Waals surface area contributed by atoms with Gasteiger partial charge in [-0.15, -0.1) is 0 Å². The van der Waals surface area contributed by atoms with E-state index in [1.165, 1.54) is 15.4 Å². The van der Waals surface area contributed by atoms with Gasteiger partial charge in [-0.1, -0.05) is 42.1 Å². The molecule has 0 saturated heterocycles. The first-order chi connectivity index (χ1) is 9.20. The molecular weight excluding hydrogens is 252 g/mol. The normalized spacial score (nSPS) is 12.6. The molecule has 2 aromatic carbocycles. The highest BCUT2D eigenvalue weighted by atomic mass is 32.2. The summed E-state index contributed by atoms with van der Waals surface area (Å²) < 4.78 is 0. The highest BCUT2D eigenvalue weighted by Crippen LogP contribution is 2.28. The summed E-state index contributed by atoms with van der Waals surface area (Å²) in [5.74, 6) is 0. The molecule has 1 atom stereocenters. The molecule has 2 aromatic rings. The third-order valence-corrected chi connectivity index (χ3v) is 4.11.